The number of rotatable bonds is 2. The maximum atomic E-state index is 12.2. The average Bonchev–Trinajstić information content (AvgIpc) is 2.37. The zero-order valence-electron chi connectivity index (χ0n) is 10.6. The van der Waals surface area contributed by atoms with Gasteiger partial charge in [-0.1, -0.05) is 28.1 Å². The third kappa shape index (κ3) is 3.45. The Kier molecular flexibility index (Phi) is 4.42. The largest absolute Gasteiger partial charge is 0.321 e. The molecule has 0 aliphatic heterocycles. The van der Waals surface area contributed by atoms with Crippen molar-refractivity contribution in [3.63, 3.8) is 0 Å². The van der Waals surface area contributed by atoms with Crippen molar-refractivity contribution in [1.82, 2.24) is 0 Å². The van der Waals surface area contributed by atoms with Gasteiger partial charge in [0.1, 0.15) is 0 Å². The van der Waals surface area contributed by atoms with Crippen LogP contribution in [0.1, 0.15) is 21.5 Å². The predicted molar refractivity (Wildman–Crippen MR) is 85.7 cm³/mol. The molecule has 4 heteroatoms. The van der Waals surface area contributed by atoms with E-state index in [1.54, 1.807) is 0 Å². The first kappa shape index (κ1) is 14.3. The van der Waals surface area contributed by atoms with Gasteiger partial charge in [-0.25, -0.2) is 0 Å². The monoisotopic (exact) mass is 381 g/mol. The molecule has 0 fully saturated rings. The number of carbonyl (C=O) groups excluding carboxylic acids is 1. The van der Waals surface area contributed by atoms with Gasteiger partial charge in [-0.2, -0.15) is 0 Å². The van der Waals surface area contributed by atoms with Crippen molar-refractivity contribution in [1.29, 1.82) is 0 Å². The second kappa shape index (κ2) is 5.88. The molecule has 1 N–H and O–H groups in total. The Hall–Kier alpha value is -1.13. The van der Waals surface area contributed by atoms with Gasteiger partial charge in [-0.3, -0.25) is 4.79 Å². The number of benzene rings is 2. The third-order valence-electron chi connectivity index (χ3n) is 2.80. The maximum absolute atomic E-state index is 12.2. The van der Waals surface area contributed by atoms with Gasteiger partial charge in [0.05, 0.1) is 5.69 Å². The summed E-state index contributed by atoms with van der Waals surface area (Å²) in [6.07, 6.45) is 0. The van der Waals surface area contributed by atoms with Gasteiger partial charge >= 0.3 is 0 Å². The number of anilines is 1. The van der Waals surface area contributed by atoms with Crippen LogP contribution in [-0.4, -0.2) is 5.91 Å². The molecule has 2 aromatic carbocycles. The molecule has 0 saturated carbocycles. The fraction of sp³-hybridized carbons (Fsp3) is 0.133. The molecule has 0 aliphatic rings. The lowest BCUT2D eigenvalue weighted by atomic mass is 10.1. The van der Waals surface area contributed by atoms with E-state index in [1.165, 1.54) is 0 Å². The fourth-order valence-corrected chi connectivity index (χ4v) is 2.39. The van der Waals surface area contributed by atoms with E-state index in [2.05, 4.69) is 37.2 Å². The summed E-state index contributed by atoms with van der Waals surface area (Å²) in [5.41, 5.74) is 3.62. The first-order valence-electron chi connectivity index (χ1n) is 5.81. The van der Waals surface area contributed by atoms with Gasteiger partial charge in [0.15, 0.2) is 0 Å². The highest BCUT2D eigenvalue weighted by molar-refractivity contribution is 9.10. The molecular formula is C15H13Br2NO. The van der Waals surface area contributed by atoms with E-state index < -0.39 is 0 Å². The standard InChI is InChI=1S/C15H13Br2NO/c1-9-3-6-12(16)14(7-9)18-15(19)11-5-4-10(2)13(17)8-11/h3-8H,1-2H3,(H,18,19). The Morgan fingerprint density at radius 3 is 2.42 bits per heavy atom. The van der Waals surface area contributed by atoms with E-state index in [0.29, 0.717) is 5.56 Å². The molecule has 98 valence electrons. The van der Waals surface area contributed by atoms with Gasteiger partial charge in [-0.15, -0.1) is 0 Å². The molecule has 0 unspecified atom stereocenters. The lowest BCUT2D eigenvalue weighted by Gasteiger charge is -2.09. The van der Waals surface area contributed by atoms with Gasteiger partial charge < -0.3 is 5.32 Å². The molecule has 0 bridgehead atoms. The first-order valence-corrected chi connectivity index (χ1v) is 7.39. The minimum absolute atomic E-state index is 0.119. The summed E-state index contributed by atoms with van der Waals surface area (Å²) >= 11 is 6.87. The summed E-state index contributed by atoms with van der Waals surface area (Å²) in [5.74, 6) is -0.119. The molecule has 0 aliphatic carbocycles. The van der Waals surface area contributed by atoms with E-state index in [9.17, 15) is 4.79 Å². The zero-order valence-corrected chi connectivity index (χ0v) is 13.8. The number of amides is 1. The van der Waals surface area contributed by atoms with Crippen LogP contribution in [0, 0.1) is 13.8 Å². The van der Waals surface area contributed by atoms with E-state index in [0.717, 1.165) is 25.8 Å². The number of nitrogens with one attached hydrogen (secondary N) is 1. The van der Waals surface area contributed by atoms with Crippen LogP contribution in [0.15, 0.2) is 45.3 Å². The van der Waals surface area contributed by atoms with Crippen molar-refractivity contribution >= 4 is 43.5 Å². The number of hydrogen-bond acceptors (Lipinski definition) is 1. The number of aryl methyl sites for hydroxylation is 2. The Morgan fingerprint density at radius 2 is 1.74 bits per heavy atom. The van der Waals surface area contributed by atoms with Crippen molar-refractivity contribution < 1.29 is 4.79 Å². The first-order chi connectivity index (χ1) is 8.97. The Labute approximate surface area is 129 Å². The molecule has 19 heavy (non-hydrogen) atoms. The fourth-order valence-electron chi connectivity index (χ4n) is 1.66. The SMILES string of the molecule is Cc1ccc(Br)c(NC(=O)c2ccc(C)c(Br)c2)c1. The lowest BCUT2D eigenvalue weighted by Crippen LogP contribution is -2.12. The molecule has 0 heterocycles. The van der Waals surface area contributed by atoms with Crippen LogP contribution in [0.4, 0.5) is 5.69 Å². The van der Waals surface area contributed by atoms with E-state index in [1.807, 2.05) is 50.2 Å². The summed E-state index contributed by atoms with van der Waals surface area (Å²) < 4.78 is 1.81. The minimum Gasteiger partial charge on any atom is -0.321 e. The average molecular weight is 383 g/mol. The highest BCUT2D eigenvalue weighted by Gasteiger charge is 2.09. The second-order valence-corrected chi connectivity index (χ2v) is 6.11. The van der Waals surface area contributed by atoms with Crippen molar-refractivity contribution in [2.24, 2.45) is 0 Å². The highest BCUT2D eigenvalue weighted by Crippen LogP contribution is 2.24. The molecule has 0 atom stereocenters. The number of hydrogen-bond donors (Lipinski definition) is 1. The third-order valence-corrected chi connectivity index (χ3v) is 4.35. The van der Waals surface area contributed by atoms with Gasteiger partial charge in [0.2, 0.25) is 0 Å². The highest BCUT2D eigenvalue weighted by atomic mass is 79.9. The normalized spacial score (nSPS) is 10.3. The molecule has 2 rings (SSSR count). The second-order valence-electron chi connectivity index (χ2n) is 4.40. The van der Waals surface area contributed by atoms with Crippen molar-refractivity contribution in [2.75, 3.05) is 5.32 Å². The van der Waals surface area contributed by atoms with E-state index in [4.69, 9.17) is 0 Å². The van der Waals surface area contributed by atoms with Crippen molar-refractivity contribution in [3.8, 4) is 0 Å². The van der Waals surface area contributed by atoms with Gasteiger partial charge in [0, 0.05) is 14.5 Å². The van der Waals surface area contributed by atoms with Crippen LogP contribution < -0.4 is 5.32 Å². The zero-order chi connectivity index (χ0) is 14.0. The van der Waals surface area contributed by atoms with Crippen LogP contribution in [-0.2, 0) is 0 Å². The van der Waals surface area contributed by atoms with Crippen LogP contribution in [0.3, 0.4) is 0 Å². The van der Waals surface area contributed by atoms with Crippen LogP contribution in [0.5, 0.6) is 0 Å². The number of halogens is 2. The molecule has 0 radical (unpaired) electrons. The van der Waals surface area contributed by atoms with E-state index in [-0.39, 0.29) is 5.91 Å². The summed E-state index contributed by atoms with van der Waals surface area (Å²) in [6.45, 7) is 3.98. The Morgan fingerprint density at radius 1 is 1.00 bits per heavy atom. The molecular weight excluding hydrogens is 370 g/mol. The number of carbonyl (C=O) groups is 1. The molecule has 0 saturated heterocycles. The molecule has 0 spiro atoms. The van der Waals surface area contributed by atoms with Crippen LogP contribution >= 0.6 is 31.9 Å². The molecule has 2 aromatic rings. The van der Waals surface area contributed by atoms with Crippen LogP contribution in [0.25, 0.3) is 0 Å². The Bertz CT molecular complexity index is 638. The van der Waals surface area contributed by atoms with Gasteiger partial charge in [-0.05, 0) is 65.2 Å². The van der Waals surface area contributed by atoms with Gasteiger partial charge in [0.25, 0.3) is 5.91 Å². The quantitative estimate of drug-likeness (QED) is 0.770. The summed E-state index contributed by atoms with van der Waals surface area (Å²) in [6, 6.07) is 11.4. The molecule has 2 nitrogen and oxygen atoms in total. The predicted octanol–water partition coefficient (Wildman–Crippen LogP) is 5.08. The van der Waals surface area contributed by atoms with E-state index >= 15 is 0 Å². The topological polar surface area (TPSA) is 29.1 Å². The van der Waals surface area contributed by atoms with Crippen molar-refractivity contribution in [2.45, 2.75) is 13.8 Å². The smallest absolute Gasteiger partial charge is 0.255 e. The Balaban J connectivity index is 2.25. The summed E-state index contributed by atoms with van der Waals surface area (Å²) in [4.78, 5) is 12.2. The molecule has 1 amide bonds. The minimum atomic E-state index is -0.119. The summed E-state index contributed by atoms with van der Waals surface area (Å²) in [7, 11) is 0. The maximum Gasteiger partial charge on any atom is 0.255 e. The molecule has 0 aromatic heterocycles. The lowest BCUT2D eigenvalue weighted by molar-refractivity contribution is 0.102. The summed E-state index contributed by atoms with van der Waals surface area (Å²) in [5, 5.41) is 2.91. The van der Waals surface area contributed by atoms with Crippen molar-refractivity contribution in [3.05, 3.63) is 62.0 Å². The van der Waals surface area contributed by atoms with Crippen LogP contribution in [0.2, 0.25) is 0 Å².